The average Bonchev–Trinajstić information content (AvgIpc) is 3.25. The van der Waals surface area contributed by atoms with Crippen LogP contribution in [0.3, 0.4) is 0 Å². The molecule has 180 valence electrons. The first-order valence-corrected chi connectivity index (χ1v) is 12.0. The molecule has 4 rings (SSSR count). The molecule has 3 aromatic carbocycles. The zero-order valence-corrected chi connectivity index (χ0v) is 21.2. The van der Waals surface area contributed by atoms with Gasteiger partial charge in [-0.3, -0.25) is 10.1 Å². The number of fused-ring (bicyclic) bond motifs is 1. The van der Waals surface area contributed by atoms with Crippen molar-refractivity contribution in [2.75, 3.05) is 11.9 Å². The van der Waals surface area contributed by atoms with Crippen LogP contribution in [0.15, 0.2) is 65.1 Å². The van der Waals surface area contributed by atoms with Crippen molar-refractivity contribution in [3.63, 3.8) is 0 Å². The van der Waals surface area contributed by atoms with Crippen molar-refractivity contribution in [2.24, 2.45) is 0 Å². The van der Waals surface area contributed by atoms with E-state index in [1.165, 1.54) is 5.56 Å². The molecule has 0 aliphatic heterocycles. The minimum atomic E-state index is -0.332. The zero-order chi connectivity index (χ0) is 24.9. The average molecular weight is 488 g/mol. The van der Waals surface area contributed by atoms with E-state index in [9.17, 15) is 4.79 Å². The molecule has 6 nitrogen and oxygen atoms in total. The van der Waals surface area contributed by atoms with Crippen LogP contribution in [-0.2, 0) is 4.79 Å². The van der Waals surface area contributed by atoms with Crippen LogP contribution in [0.4, 0.5) is 5.69 Å². The number of carbonyl (C=O) groups excluding carboxylic acids is 1. The lowest BCUT2D eigenvalue weighted by atomic mass is 9.98. The summed E-state index contributed by atoms with van der Waals surface area (Å²) in [4.78, 5) is 16.9. The minimum Gasteiger partial charge on any atom is -0.484 e. The van der Waals surface area contributed by atoms with E-state index in [-0.39, 0.29) is 17.6 Å². The Morgan fingerprint density at radius 3 is 2.46 bits per heavy atom. The van der Waals surface area contributed by atoms with E-state index < -0.39 is 0 Å². The Labute approximate surface area is 210 Å². The molecule has 0 bridgehead atoms. The summed E-state index contributed by atoms with van der Waals surface area (Å²) in [6.45, 7) is 8.23. The summed E-state index contributed by atoms with van der Waals surface area (Å²) in [5.41, 5.74) is 6.63. The summed E-state index contributed by atoms with van der Waals surface area (Å²) >= 11 is 5.27. The molecule has 1 heterocycles. The van der Waals surface area contributed by atoms with Crippen LogP contribution in [-0.4, -0.2) is 22.6 Å². The standard InChI is InChI=1S/C28H29N3O3S/c1-5-19(4)21-8-11-25-24(15-21)30-27(34-25)20-6-9-22(10-7-20)29-28(35)31-26(32)16-33-23-13-17(2)12-18(3)14-23/h6-15,19H,5,16H2,1-4H3,(H2,29,31,32,35)/t19-/m1/s1. The normalized spacial score (nSPS) is 11.8. The summed E-state index contributed by atoms with van der Waals surface area (Å²) in [5, 5.41) is 5.85. The summed E-state index contributed by atoms with van der Waals surface area (Å²) in [5.74, 6) is 1.36. The highest BCUT2D eigenvalue weighted by Crippen LogP contribution is 2.28. The van der Waals surface area contributed by atoms with Crippen molar-refractivity contribution >= 4 is 40.0 Å². The number of oxazole rings is 1. The van der Waals surface area contributed by atoms with E-state index in [0.717, 1.165) is 39.9 Å². The number of anilines is 1. The number of hydrogen-bond donors (Lipinski definition) is 2. The summed E-state index contributed by atoms with van der Waals surface area (Å²) < 4.78 is 11.5. The van der Waals surface area contributed by atoms with Crippen molar-refractivity contribution in [1.82, 2.24) is 10.3 Å². The smallest absolute Gasteiger partial charge is 0.264 e. The molecular weight excluding hydrogens is 458 g/mol. The van der Waals surface area contributed by atoms with Gasteiger partial charge in [0.25, 0.3) is 5.91 Å². The molecule has 0 aliphatic carbocycles. The van der Waals surface area contributed by atoms with Crippen molar-refractivity contribution in [3.05, 3.63) is 77.4 Å². The van der Waals surface area contributed by atoms with Crippen LogP contribution in [0.5, 0.6) is 5.75 Å². The lowest BCUT2D eigenvalue weighted by Gasteiger charge is -2.11. The molecule has 0 saturated carbocycles. The predicted octanol–water partition coefficient (Wildman–Crippen LogP) is 6.52. The number of hydrogen-bond acceptors (Lipinski definition) is 5. The molecule has 0 fully saturated rings. The highest BCUT2D eigenvalue weighted by Gasteiger charge is 2.12. The first kappa shape index (κ1) is 24.4. The van der Waals surface area contributed by atoms with Gasteiger partial charge in [-0.25, -0.2) is 4.98 Å². The van der Waals surface area contributed by atoms with Gasteiger partial charge in [-0.05, 0) is 104 Å². The number of carbonyl (C=O) groups is 1. The van der Waals surface area contributed by atoms with Gasteiger partial charge >= 0.3 is 0 Å². The molecule has 0 aliphatic rings. The van der Waals surface area contributed by atoms with Crippen LogP contribution in [0.25, 0.3) is 22.6 Å². The van der Waals surface area contributed by atoms with Gasteiger partial charge in [0, 0.05) is 11.3 Å². The first-order valence-electron chi connectivity index (χ1n) is 11.6. The molecule has 1 atom stereocenters. The number of amides is 1. The van der Waals surface area contributed by atoms with E-state index in [4.69, 9.17) is 21.4 Å². The molecule has 1 aromatic heterocycles. The fourth-order valence-electron chi connectivity index (χ4n) is 3.80. The van der Waals surface area contributed by atoms with Gasteiger partial charge in [0.05, 0.1) is 0 Å². The SMILES string of the molecule is CC[C@@H](C)c1ccc2oc(-c3ccc(NC(=S)NC(=O)COc4cc(C)cc(C)c4)cc3)nc2c1. The second-order valence-electron chi connectivity index (χ2n) is 8.75. The molecule has 0 radical (unpaired) electrons. The lowest BCUT2D eigenvalue weighted by molar-refractivity contribution is -0.121. The third kappa shape index (κ3) is 6.25. The molecule has 35 heavy (non-hydrogen) atoms. The maximum atomic E-state index is 12.2. The molecule has 2 N–H and O–H groups in total. The van der Waals surface area contributed by atoms with Gasteiger partial charge in [0.15, 0.2) is 17.3 Å². The fourth-order valence-corrected chi connectivity index (χ4v) is 4.03. The predicted molar refractivity (Wildman–Crippen MR) is 144 cm³/mol. The van der Waals surface area contributed by atoms with E-state index in [1.54, 1.807) is 0 Å². The van der Waals surface area contributed by atoms with Crippen LogP contribution in [0, 0.1) is 13.8 Å². The van der Waals surface area contributed by atoms with E-state index >= 15 is 0 Å². The second-order valence-corrected chi connectivity index (χ2v) is 9.16. The van der Waals surface area contributed by atoms with Gasteiger partial charge in [-0.15, -0.1) is 0 Å². The highest BCUT2D eigenvalue weighted by atomic mass is 32.1. The first-order chi connectivity index (χ1) is 16.8. The summed E-state index contributed by atoms with van der Waals surface area (Å²) in [6.07, 6.45) is 1.08. The third-order valence-electron chi connectivity index (χ3n) is 5.80. The van der Waals surface area contributed by atoms with Crippen molar-refractivity contribution < 1.29 is 13.9 Å². The van der Waals surface area contributed by atoms with Crippen LogP contribution < -0.4 is 15.4 Å². The van der Waals surface area contributed by atoms with Gasteiger partial charge in [0.1, 0.15) is 11.3 Å². The Morgan fingerprint density at radius 1 is 1.06 bits per heavy atom. The van der Waals surface area contributed by atoms with E-state index in [1.807, 2.05) is 62.4 Å². The maximum Gasteiger partial charge on any atom is 0.264 e. The Balaban J connectivity index is 1.33. The Hall–Kier alpha value is -3.71. The number of nitrogens with zero attached hydrogens (tertiary/aromatic N) is 1. The van der Waals surface area contributed by atoms with Crippen LogP contribution in [0.2, 0.25) is 0 Å². The Morgan fingerprint density at radius 2 is 1.77 bits per heavy atom. The number of rotatable bonds is 7. The van der Waals surface area contributed by atoms with E-state index in [0.29, 0.717) is 17.6 Å². The van der Waals surface area contributed by atoms with Crippen molar-refractivity contribution in [3.8, 4) is 17.2 Å². The number of aromatic nitrogens is 1. The van der Waals surface area contributed by atoms with Gasteiger partial charge in [0.2, 0.25) is 5.89 Å². The Bertz CT molecular complexity index is 1340. The van der Waals surface area contributed by atoms with Gasteiger partial charge < -0.3 is 14.5 Å². The third-order valence-corrected chi connectivity index (χ3v) is 6.00. The zero-order valence-electron chi connectivity index (χ0n) is 20.3. The number of ether oxygens (including phenoxy) is 1. The summed E-state index contributed by atoms with van der Waals surface area (Å²) in [7, 11) is 0. The molecule has 0 unspecified atom stereocenters. The van der Waals surface area contributed by atoms with Crippen molar-refractivity contribution in [2.45, 2.75) is 40.0 Å². The molecule has 0 saturated heterocycles. The Kier molecular flexibility index (Phi) is 7.46. The monoisotopic (exact) mass is 487 g/mol. The number of nitrogens with one attached hydrogen (secondary N) is 2. The minimum absolute atomic E-state index is 0.125. The molecule has 0 spiro atoms. The van der Waals surface area contributed by atoms with Crippen molar-refractivity contribution in [1.29, 1.82) is 0 Å². The number of thiocarbonyl (C=S) groups is 1. The maximum absolute atomic E-state index is 12.2. The molecule has 7 heteroatoms. The van der Waals surface area contributed by atoms with Crippen LogP contribution >= 0.6 is 12.2 Å². The topological polar surface area (TPSA) is 76.4 Å². The lowest BCUT2D eigenvalue weighted by Crippen LogP contribution is -2.37. The van der Waals surface area contributed by atoms with Gasteiger partial charge in [-0.2, -0.15) is 0 Å². The second kappa shape index (κ2) is 10.7. The largest absolute Gasteiger partial charge is 0.484 e. The summed E-state index contributed by atoms with van der Waals surface area (Å²) in [6, 6.07) is 19.5. The highest BCUT2D eigenvalue weighted by molar-refractivity contribution is 7.80. The molecular formula is C28H29N3O3S. The molecule has 1 amide bonds. The van der Waals surface area contributed by atoms with Gasteiger partial charge in [-0.1, -0.05) is 26.0 Å². The fraction of sp³-hybridized carbons (Fsp3) is 0.250. The van der Waals surface area contributed by atoms with Crippen LogP contribution in [0.1, 0.15) is 42.9 Å². The van der Waals surface area contributed by atoms with E-state index in [2.05, 4.69) is 41.6 Å². The number of benzene rings is 3. The number of aryl methyl sites for hydroxylation is 2. The quantitative estimate of drug-likeness (QED) is 0.289. The molecule has 4 aromatic rings.